The van der Waals surface area contributed by atoms with Gasteiger partial charge in [-0.1, -0.05) is 63.4 Å². The molecule has 0 heterocycles. The van der Waals surface area contributed by atoms with Gasteiger partial charge in [0.1, 0.15) is 11.6 Å². The molecule has 2 saturated carbocycles. The fraction of sp³-hybridized carbons (Fsp3) is 0.630. The normalized spacial score (nSPS) is 27.1. The Hall–Kier alpha value is -1.62. The van der Waals surface area contributed by atoms with E-state index in [0.29, 0.717) is 11.8 Å². The summed E-state index contributed by atoms with van der Waals surface area (Å²) in [5.41, 5.74) is 0.715. The first kappa shape index (κ1) is 22.1. The Morgan fingerprint density at radius 3 is 2.07 bits per heavy atom. The van der Waals surface area contributed by atoms with Crippen LogP contribution in [0.1, 0.15) is 88.7 Å². The number of hydrogen-bond acceptors (Lipinski definition) is 0. The Kier molecular flexibility index (Phi) is 8.34. The van der Waals surface area contributed by atoms with Crippen LogP contribution >= 0.6 is 0 Å². The third-order valence-electron chi connectivity index (χ3n) is 7.11. The summed E-state index contributed by atoms with van der Waals surface area (Å²) >= 11 is 0. The maximum absolute atomic E-state index is 14.5. The van der Waals surface area contributed by atoms with Gasteiger partial charge in [0, 0.05) is 5.92 Å². The first-order chi connectivity index (χ1) is 14.1. The van der Waals surface area contributed by atoms with Gasteiger partial charge >= 0.3 is 0 Å². The van der Waals surface area contributed by atoms with Crippen LogP contribution in [-0.2, 0) is 6.42 Å². The molecular weight excluding hydrogens is 362 g/mol. The second kappa shape index (κ2) is 11.0. The predicted octanol–water partition coefficient (Wildman–Crippen LogP) is 7.85. The number of allylic oxidation sites excluding steroid dienone is 1. The summed E-state index contributed by atoms with van der Waals surface area (Å²) < 4.78 is 29.1. The van der Waals surface area contributed by atoms with Crippen molar-refractivity contribution in [3.8, 4) is 11.8 Å². The Morgan fingerprint density at radius 1 is 0.931 bits per heavy atom. The Balaban J connectivity index is 1.53. The number of hydrogen-bond donors (Lipinski definition) is 0. The summed E-state index contributed by atoms with van der Waals surface area (Å²) in [6.07, 6.45) is 15.8. The van der Waals surface area contributed by atoms with Crippen LogP contribution in [0.5, 0.6) is 0 Å². The van der Waals surface area contributed by atoms with Crippen LogP contribution in [-0.4, -0.2) is 0 Å². The van der Waals surface area contributed by atoms with Gasteiger partial charge in [0.2, 0.25) is 0 Å². The molecule has 0 bridgehead atoms. The van der Waals surface area contributed by atoms with Crippen LogP contribution in [0.3, 0.4) is 0 Å². The summed E-state index contributed by atoms with van der Waals surface area (Å²) in [5, 5.41) is 0. The standard InChI is InChI=1S/C27H36F2/c1-3-5-21-10-12-22(13-11-21)14-15-24-18-26(28)25(27(29)19-24)17-16-23-8-6-20(4-2)7-9-23/h4,18-23H,2-3,5-15H2,1H3/t20?,21-,22-,23?. The van der Waals surface area contributed by atoms with Crippen molar-refractivity contribution < 1.29 is 8.78 Å². The maximum atomic E-state index is 14.5. The van der Waals surface area contributed by atoms with Crippen LogP contribution < -0.4 is 0 Å². The fourth-order valence-corrected chi connectivity index (χ4v) is 5.15. The second-order valence-corrected chi connectivity index (χ2v) is 9.27. The summed E-state index contributed by atoms with van der Waals surface area (Å²) in [5.74, 6) is 7.34. The Morgan fingerprint density at radius 2 is 1.52 bits per heavy atom. The van der Waals surface area contributed by atoms with E-state index >= 15 is 0 Å². The minimum atomic E-state index is -0.501. The van der Waals surface area contributed by atoms with Gasteiger partial charge in [-0.05, 0) is 74.0 Å². The van der Waals surface area contributed by atoms with E-state index in [9.17, 15) is 8.78 Å². The third kappa shape index (κ3) is 6.43. The minimum Gasteiger partial charge on any atom is -0.206 e. The molecule has 2 heteroatoms. The van der Waals surface area contributed by atoms with Crippen molar-refractivity contribution in [3.05, 3.63) is 47.5 Å². The number of aryl methyl sites for hydroxylation is 1. The topological polar surface area (TPSA) is 0 Å². The van der Waals surface area contributed by atoms with E-state index in [4.69, 9.17) is 0 Å². The average Bonchev–Trinajstić information content (AvgIpc) is 2.73. The van der Waals surface area contributed by atoms with Gasteiger partial charge in [-0.3, -0.25) is 0 Å². The highest BCUT2D eigenvalue weighted by molar-refractivity contribution is 5.39. The van der Waals surface area contributed by atoms with Gasteiger partial charge in [-0.25, -0.2) is 8.78 Å². The smallest absolute Gasteiger partial charge is 0.142 e. The number of rotatable bonds is 6. The zero-order valence-electron chi connectivity index (χ0n) is 18.0. The van der Waals surface area contributed by atoms with Crippen molar-refractivity contribution in [2.75, 3.05) is 0 Å². The lowest BCUT2D eigenvalue weighted by molar-refractivity contribution is 0.252. The highest BCUT2D eigenvalue weighted by Crippen LogP contribution is 2.34. The lowest BCUT2D eigenvalue weighted by atomic mass is 9.78. The van der Waals surface area contributed by atoms with E-state index in [1.807, 2.05) is 6.08 Å². The van der Waals surface area contributed by atoms with Gasteiger partial charge < -0.3 is 0 Å². The zero-order valence-corrected chi connectivity index (χ0v) is 18.0. The van der Waals surface area contributed by atoms with Crippen LogP contribution in [0.2, 0.25) is 0 Å². The third-order valence-corrected chi connectivity index (χ3v) is 7.11. The maximum Gasteiger partial charge on any atom is 0.142 e. The second-order valence-electron chi connectivity index (χ2n) is 9.27. The molecule has 0 atom stereocenters. The highest BCUT2D eigenvalue weighted by Gasteiger charge is 2.21. The lowest BCUT2D eigenvalue weighted by Crippen LogP contribution is -2.15. The molecule has 0 spiro atoms. The quantitative estimate of drug-likeness (QED) is 0.338. The summed E-state index contributed by atoms with van der Waals surface area (Å²) in [4.78, 5) is 0. The molecule has 0 amide bonds. The molecule has 158 valence electrons. The number of benzene rings is 1. The van der Waals surface area contributed by atoms with Crippen molar-refractivity contribution in [1.29, 1.82) is 0 Å². The van der Waals surface area contributed by atoms with Crippen LogP contribution in [0, 0.1) is 47.1 Å². The molecule has 3 rings (SSSR count). The van der Waals surface area contributed by atoms with Crippen LogP contribution in [0.15, 0.2) is 24.8 Å². The molecule has 0 radical (unpaired) electrons. The van der Waals surface area contributed by atoms with Crippen molar-refractivity contribution in [2.24, 2.45) is 23.7 Å². The van der Waals surface area contributed by atoms with E-state index in [2.05, 4.69) is 25.3 Å². The zero-order chi connectivity index (χ0) is 20.6. The molecular formula is C27H36F2. The van der Waals surface area contributed by atoms with Gasteiger partial charge in [-0.2, -0.15) is 0 Å². The molecule has 0 aromatic heterocycles. The van der Waals surface area contributed by atoms with Gasteiger partial charge in [-0.15, -0.1) is 6.58 Å². The molecule has 2 aliphatic rings. The van der Waals surface area contributed by atoms with Gasteiger partial charge in [0.05, 0.1) is 5.56 Å². The fourth-order valence-electron chi connectivity index (χ4n) is 5.15. The van der Waals surface area contributed by atoms with Crippen molar-refractivity contribution in [1.82, 2.24) is 0 Å². The molecule has 0 nitrogen and oxygen atoms in total. The summed E-state index contributed by atoms with van der Waals surface area (Å²) in [6.45, 7) is 6.12. The minimum absolute atomic E-state index is 0.0559. The summed E-state index contributed by atoms with van der Waals surface area (Å²) in [6, 6.07) is 3.01. The molecule has 0 N–H and O–H groups in total. The van der Waals surface area contributed by atoms with E-state index in [1.165, 1.54) is 50.7 Å². The lowest BCUT2D eigenvalue weighted by Gasteiger charge is -2.28. The molecule has 1 aromatic carbocycles. The van der Waals surface area contributed by atoms with E-state index in [0.717, 1.165) is 50.0 Å². The van der Waals surface area contributed by atoms with Crippen molar-refractivity contribution >= 4 is 0 Å². The predicted molar refractivity (Wildman–Crippen MR) is 118 cm³/mol. The molecule has 0 unspecified atom stereocenters. The van der Waals surface area contributed by atoms with Gasteiger partial charge in [0.25, 0.3) is 0 Å². The average molecular weight is 399 g/mol. The Labute approximate surface area is 176 Å². The largest absolute Gasteiger partial charge is 0.206 e. The van der Waals surface area contributed by atoms with Crippen molar-refractivity contribution in [3.63, 3.8) is 0 Å². The van der Waals surface area contributed by atoms with Gasteiger partial charge in [0.15, 0.2) is 0 Å². The first-order valence-corrected chi connectivity index (χ1v) is 11.7. The molecule has 2 aliphatic carbocycles. The monoisotopic (exact) mass is 398 g/mol. The number of halogens is 2. The van der Waals surface area contributed by atoms with E-state index < -0.39 is 11.6 Å². The first-order valence-electron chi connectivity index (χ1n) is 11.7. The van der Waals surface area contributed by atoms with E-state index in [1.54, 1.807) is 0 Å². The van der Waals surface area contributed by atoms with E-state index in [-0.39, 0.29) is 11.5 Å². The SMILES string of the molecule is C=CC1CCC(C#Cc2c(F)cc(CC[C@H]3CC[C@H](CCC)CC3)cc2F)CC1. The molecule has 0 aliphatic heterocycles. The summed E-state index contributed by atoms with van der Waals surface area (Å²) in [7, 11) is 0. The van der Waals surface area contributed by atoms with Crippen molar-refractivity contribution in [2.45, 2.75) is 84.0 Å². The van der Waals surface area contributed by atoms with Crippen LogP contribution in [0.25, 0.3) is 0 Å². The molecule has 1 aromatic rings. The molecule has 29 heavy (non-hydrogen) atoms. The molecule has 0 saturated heterocycles. The highest BCUT2D eigenvalue weighted by atomic mass is 19.1. The Bertz CT molecular complexity index is 700. The van der Waals surface area contributed by atoms with Crippen LogP contribution in [0.4, 0.5) is 8.78 Å². The molecule has 2 fully saturated rings.